The summed E-state index contributed by atoms with van der Waals surface area (Å²) in [5, 5.41) is 0.454. The molecule has 4 rings (SSSR count). The van der Waals surface area contributed by atoms with Crippen molar-refractivity contribution in [1.29, 1.82) is 0 Å². The Kier molecular flexibility index (Phi) is 4.83. The van der Waals surface area contributed by atoms with Gasteiger partial charge in [-0.1, -0.05) is 12.1 Å². The van der Waals surface area contributed by atoms with Crippen LogP contribution in [-0.4, -0.2) is 30.2 Å². The number of nitrogens with zero attached hydrogens (tertiary/aromatic N) is 2. The molecular formula is C19H14F2N2O4S2. The first-order valence-electron chi connectivity index (χ1n) is 8.45. The average molecular weight is 436 g/mol. The first kappa shape index (κ1) is 19.5. The zero-order valence-electron chi connectivity index (χ0n) is 15.0. The Labute approximate surface area is 169 Å². The summed E-state index contributed by atoms with van der Waals surface area (Å²) in [6.45, 7) is -1.26. The standard InChI is InChI=1S/C19H14F2N2O4S2/c1-11-17(12-6-8-13(9-7-12)27-19(20)21)22-16(28-11)10-23-18(24)14-4-2-3-5-15(14)29(23,25)26/h2-9,19H,10H2,1H3. The van der Waals surface area contributed by atoms with Crippen LogP contribution in [0.1, 0.15) is 20.2 Å². The van der Waals surface area contributed by atoms with Crippen molar-refractivity contribution in [2.24, 2.45) is 0 Å². The number of thiazole rings is 1. The van der Waals surface area contributed by atoms with E-state index in [4.69, 9.17) is 0 Å². The second-order valence-corrected chi connectivity index (χ2v) is 9.35. The second-order valence-electron chi connectivity index (χ2n) is 6.23. The Morgan fingerprint density at radius 1 is 1.14 bits per heavy atom. The Bertz CT molecular complexity index is 1190. The van der Waals surface area contributed by atoms with Crippen molar-refractivity contribution in [3.63, 3.8) is 0 Å². The molecular weight excluding hydrogens is 422 g/mol. The Morgan fingerprint density at radius 2 is 1.83 bits per heavy atom. The normalized spacial score (nSPS) is 15.0. The summed E-state index contributed by atoms with van der Waals surface area (Å²) in [6.07, 6.45) is 0. The minimum Gasteiger partial charge on any atom is -0.435 e. The number of hydrogen-bond donors (Lipinski definition) is 0. The van der Waals surface area contributed by atoms with E-state index in [9.17, 15) is 22.0 Å². The van der Waals surface area contributed by atoms with Gasteiger partial charge in [0.1, 0.15) is 15.7 Å². The molecule has 0 spiro atoms. The Hall–Kier alpha value is -2.85. The molecule has 0 atom stereocenters. The average Bonchev–Trinajstić information content (AvgIpc) is 3.13. The fraction of sp³-hybridized carbons (Fsp3) is 0.158. The molecule has 0 aliphatic carbocycles. The van der Waals surface area contributed by atoms with Crippen molar-refractivity contribution in [2.45, 2.75) is 25.0 Å². The first-order chi connectivity index (χ1) is 13.8. The third-order valence-corrected chi connectivity index (χ3v) is 7.13. The Balaban J connectivity index is 1.60. The number of sulfonamides is 1. The third kappa shape index (κ3) is 3.49. The maximum atomic E-state index is 12.7. The summed E-state index contributed by atoms with van der Waals surface area (Å²) >= 11 is 1.27. The van der Waals surface area contributed by atoms with Crippen LogP contribution in [0, 0.1) is 6.92 Å². The molecule has 29 heavy (non-hydrogen) atoms. The molecule has 1 amide bonds. The minimum absolute atomic E-state index is 0.00637. The summed E-state index contributed by atoms with van der Waals surface area (Å²) in [6, 6.07) is 12.1. The number of rotatable bonds is 5. The van der Waals surface area contributed by atoms with Gasteiger partial charge in [-0.3, -0.25) is 4.79 Å². The number of halogens is 2. The van der Waals surface area contributed by atoms with E-state index in [1.54, 1.807) is 24.3 Å². The lowest BCUT2D eigenvalue weighted by atomic mass is 10.1. The molecule has 150 valence electrons. The number of carbonyl (C=O) groups excluding carboxylic acids is 1. The van der Waals surface area contributed by atoms with Gasteiger partial charge in [-0.25, -0.2) is 17.7 Å². The van der Waals surface area contributed by atoms with Crippen LogP contribution in [0.2, 0.25) is 0 Å². The minimum atomic E-state index is -3.92. The van der Waals surface area contributed by atoms with Crippen molar-refractivity contribution in [2.75, 3.05) is 0 Å². The van der Waals surface area contributed by atoms with Gasteiger partial charge in [-0.05, 0) is 43.3 Å². The van der Waals surface area contributed by atoms with E-state index in [0.717, 1.165) is 9.18 Å². The molecule has 0 unspecified atom stereocenters. The number of ether oxygens (including phenoxy) is 1. The lowest BCUT2D eigenvalue weighted by molar-refractivity contribution is -0.0498. The number of carbonyl (C=O) groups is 1. The molecule has 3 aromatic rings. The summed E-state index contributed by atoms with van der Waals surface area (Å²) < 4.78 is 55.1. The molecule has 0 N–H and O–H groups in total. The highest BCUT2D eigenvalue weighted by molar-refractivity contribution is 7.90. The third-order valence-electron chi connectivity index (χ3n) is 4.38. The quantitative estimate of drug-likeness (QED) is 0.603. The van der Waals surface area contributed by atoms with Crippen molar-refractivity contribution in [3.05, 3.63) is 64.0 Å². The highest BCUT2D eigenvalue weighted by Gasteiger charge is 2.41. The van der Waals surface area contributed by atoms with Gasteiger partial charge >= 0.3 is 6.61 Å². The molecule has 0 fully saturated rings. The summed E-state index contributed by atoms with van der Waals surface area (Å²) in [7, 11) is -3.92. The van der Waals surface area contributed by atoms with Gasteiger partial charge in [0.05, 0.1) is 17.8 Å². The highest BCUT2D eigenvalue weighted by Crippen LogP contribution is 2.34. The number of aromatic nitrogens is 1. The van der Waals surface area contributed by atoms with Crippen molar-refractivity contribution < 1.29 is 26.7 Å². The number of amides is 1. The predicted octanol–water partition coefficient (Wildman–Crippen LogP) is 4.06. The van der Waals surface area contributed by atoms with E-state index in [1.807, 2.05) is 6.92 Å². The van der Waals surface area contributed by atoms with E-state index < -0.39 is 22.5 Å². The molecule has 10 heteroatoms. The first-order valence-corrected chi connectivity index (χ1v) is 10.7. The molecule has 1 aromatic heterocycles. The van der Waals surface area contributed by atoms with E-state index >= 15 is 0 Å². The molecule has 0 saturated heterocycles. The SMILES string of the molecule is Cc1sc(CN2C(=O)c3ccccc3S2(=O)=O)nc1-c1ccc(OC(F)F)cc1. The molecule has 0 radical (unpaired) electrons. The van der Waals surface area contributed by atoms with Gasteiger partial charge in [0.15, 0.2) is 0 Å². The zero-order valence-corrected chi connectivity index (χ0v) is 16.6. The largest absolute Gasteiger partial charge is 0.435 e. The summed E-state index contributed by atoms with van der Waals surface area (Å²) in [5.41, 5.74) is 1.41. The van der Waals surface area contributed by atoms with Crippen LogP contribution in [0.25, 0.3) is 11.3 Å². The molecule has 2 aromatic carbocycles. The van der Waals surface area contributed by atoms with Crippen LogP contribution in [-0.2, 0) is 16.6 Å². The van der Waals surface area contributed by atoms with Gasteiger partial charge in [0.2, 0.25) is 0 Å². The molecule has 1 aliphatic rings. The van der Waals surface area contributed by atoms with Crippen molar-refractivity contribution in [1.82, 2.24) is 9.29 Å². The molecule has 6 nitrogen and oxygen atoms in total. The molecule has 0 saturated carbocycles. The fourth-order valence-electron chi connectivity index (χ4n) is 3.09. The number of benzene rings is 2. The van der Waals surface area contributed by atoms with E-state index in [2.05, 4.69) is 9.72 Å². The van der Waals surface area contributed by atoms with E-state index in [0.29, 0.717) is 16.3 Å². The number of aryl methyl sites for hydroxylation is 1. The number of hydrogen-bond acceptors (Lipinski definition) is 6. The van der Waals surface area contributed by atoms with Crippen LogP contribution < -0.4 is 4.74 Å². The molecule has 1 aliphatic heterocycles. The summed E-state index contributed by atoms with van der Waals surface area (Å²) in [5.74, 6) is -0.549. The van der Waals surface area contributed by atoms with E-state index in [-0.39, 0.29) is 22.8 Å². The molecule has 0 bridgehead atoms. The number of fused-ring (bicyclic) bond motifs is 1. The second kappa shape index (κ2) is 7.20. The topological polar surface area (TPSA) is 76.6 Å². The van der Waals surface area contributed by atoms with E-state index in [1.165, 1.54) is 35.6 Å². The Morgan fingerprint density at radius 3 is 2.48 bits per heavy atom. The molecule has 2 heterocycles. The van der Waals surface area contributed by atoms with Gasteiger partial charge in [-0.15, -0.1) is 11.3 Å². The van der Waals surface area contributed by atoms with Gasteiger partial charge in [0.25, 0.3) is 15.9 Å². The maximum absolute atomic E-state index is 12.7. The van der Waals surface area contributed by atoms with Gasteiger partial charge in [-0.2, -0.15) is 8.78 Å². The van der Waals surface area contributed by atoms with Crippen LogP contribution in [0.3, 0.4) is 0 Å². The van der Waals surface area contributed by atoms with Crippen molar-refractivity contribution in [3.8, 4) is 17.0 Å². The smallest absolute Gasteiger partial charge is 0.387 e. The lowest BCUT2D eigenvalue weighted by Gasteiger charge is -2.12. The van der Waals surface area contributed by atoms with Crippen LogP contribution in [0.4, 0.5) is 8.78 Å². The monoisotopic (exact) mass is 436 g/mol. The van der Waals surface area contributed by atoms with Crippen LogP contribution in [0.15, 0.2) is 53.4 Å². The maximum Gasteiger partial charge on any atom is 0.387 e. The van der Waals surface area contributed by atoms with Crippen LogP contribution >= 0.6 is 11.3 Å². The summed E-state index contributed by atoms with van der Waals surface area (Å²) in [4.78, 5) is 17.8. The lowest BCUT2D eigenvalue weighted by Crippen LogP contribution is -2.29. The van der Waals surface area contributed by atoms with Gasteiger partial charge in [0, 0.05) is 10.4 Å². The fourth-order valence-corrected chi connectivity index (χ4v) is 5.65. The number of alkyl halides is 2. The highest BCUT2D eigenvalue weighted by atomic mass is 32.2. The zero-order chi connectivity index (χ0) is 20.8. The van der Waals surface area contributed by atoms with Crippen molar-refractivity contribution >= 4 is 27.3 Å². The predicted molar refractivity (Wildman–Crippen MR) is 102 cm³/mol. The van der Waals surface area contributed by atoms with Gasteiger partial charge < -0.3 is 4.74 Å². The van der Waals surface area contributed by atoms with Crippen LogP contribution in [0.5, 0.6) is 5.75 Å².